The highest BCUT2D eigenvalue weighted by Gasteiger charge is 2.45. The Balaban J connectivity index is 1.50. The van der Waals surface area contributed by atoms with Crippen LogP contribution in [0.1, 0.15) is 11.6 Å². The Morgan fingerprint density at radius 1 is 0.886 bits per heavy atom. The summed E-state index contributed by atoms with van der Waals surface area (Å²) in [4.78, 5) is 25.7. The van der Waals surface area contributed by atoms with E-state index in [-0.39, 0.29) is 11.5 Å². The Bertz CT molecular complexity index is 1520. The van der Waals surface area contributed by atoms with E-state index in [9.17, 15) is 18.0 Å². The highest BCUT2D eigenvalue weighted by Crippen LogP contribution is 2.36. The van der Waals surface area contributed by atoms with Gasteiger partial charge in [0.1, 0.15) is 6.04 Å². The Labute approximate surface area is 201 Å². The lowest BCUT2D eigenvalue weighted by Gasteiger charge is -2.36. The Kier molecular flexibility index (Phi) is 5.88. The molecule has 3 aromatic carbocycles. The van der Waals surface area contributed by atoms with Gasteiger partial charge in [0.2, 0.25) is 5.91 Å². The summed E-state index contributed by atoms with van der Waals surface area (Å²) in [5.74, 6) is -0.812. The van der Waals surface area contributed by atoms with Gasteiger partial charge in [-0.3, -0.25) is 13.5 Å². The number of rotatable bonds is 7. The summed E-state index contributed by atoms with van der Waals surface area (Å²) < 4.78 is 37.4. The molecular weight excluding hydrogens is 468 g/mol. The second-order valence-corrected chi connectivity index (χ2v) is 9.87. The number of aromatic nitrogens is 1. The predicted molar refractivity (Wildman–Crippen MR) is 129 cm³/mol. The summed E-state index contributed by atoms with van der Waals surface area (Å²) in [6.07, 6.45) is 0. The summed E-state index contributed by atoms with van der Waals surface area (Å²) in [6, 6.07) is 22.8. The SMILES string of the molecule is Cc1ccc(S(=O)(=O)OCC2NC(=O)C2n2c(-c3ccccc3)c(-c3ccccc3)oc2=O)cc1. The van der Waals surface area contributed by atoms with Crippen LogP contribution in [-0.2, 0) is 19.1 Å². The third-order valence-corrected chi connectivity index (χ3v) is 7.19. The zero-order valence-corrected chi connectivity index (χ0v) is 19.6. The third kappa shape index (κ3) is 4.31. The van der Waals surface area contributed by atoms with E-state index in [1.165, 1.54) is 16.7 Å². The van der Waals surface area contributed by atoms with Gasteiger partial charge < -0.3 is 9.73 Å². The van der Waals surface area contributed by atoms with Gasteiger partial charge in [-0.1, -0.05) is 78.4 Å². The van der Waals surface area contributed by atoms with Crippen LogP contribution in [-0.4, -0.2) is 31.5 Å². The first kappa shape index (κ1) is 22.8. The molecule has 0 radical (unpaired) electrons. The Morgan fingerprint density at radius 2 is 1.49 bits per heavy atom. The molecule has 9 heteroatoms. The summed E-state index contributed by atoms with van der Waals surface area (Å²) in [6.45, 7) is 1.52. The summed E-state index contributed by atoms with van der Waals surface area (Å²) in [5.41, 5.74) is 2.71. The van der Waals surface area contributed by atoms with E-state index in [0.717, 1.165) is 5.56 Å². The average Bonchev–Trinajstić information content (AvgIpc) is 3.19. The van der Waals surface area contributed by atoms with E-state index in [4.69, 9.17) is 8.60 Å². The van der Waals surface area contributed by atoms with Gasteiger partial charge in [-0.05, 0) is 19.1 Å². The number of hydrogen-bond acceptors (Lipinski definition) is 6. The van der Waals surface area contributed by atoms with Crippen LogP contribution in [0.15, 0.2) is 99.0 Å². The van der Waals surface area contributed by atoms with Gasteiger partial charge in [0.05, 0.1) is 23.2 Å². The van der Waals surface area contributed by atoms with Crippen molar-refractivity contribution in [2.45, 2.75) is 23.9 Å². The van der Waals surface area contributed by atoms with E-state index >= 15 is 0 Å². The molecule has 178 valence electrons. The van der Waals surface area contributed by atoms with Crippen molar-refractivity contribution in [3.05, 3.63) is 101 Å². The number of nitrogens with one attached hydrogen (secondary N) is 1. The van der Waals surface area contributed by atoms with Crippen molar-refractivity contribution >= 4 is 16.0 Å². The highest BCUT2D eigenvalue weighted by atomic mass is 32.2. The molecule has 1 aromatic heterocycles. The van der Waals surface area contributed by atoms with E-state index in [0.29, 0.717) is 22.6 Å². The molecule has 1 fully saturated rings. The first-order chi connectivity index (χ1) is 16.8. The second kappa shape index (κ2) is 9.01. The third-order valence-electron chi connectivity index (χ3n) is 5.89. The molecule has 5 rings (SSSR count). The fraction of sp³-hybridized carbons (Fsp3) is 0.154. The van der Waals surface area contributed by atoms with Crippen molar-refractivity contribution in [3.8, 4) is 22.6 Å². The predicted octanol–water partition coefficient (Wildman–Crippen LogP) is 3.53. The minimum Gasteiger partial charge on any atom is -0.407 e. The molecule has 0 aliphatic carbocycles. The van der Waals surface area contributed by atoms with Crippen LogP contribution >= 0.6 is 0 Å². The number of carbonyl (C=O) groups excluding carboxylic acids is 1. The van der Waals surface area contributed by atoms with E-state index in [2.05, 4.69) is 5.32 Å². The Hall–Kier alpha value is -3.95. The highest BCUT2D eigenvalue weighted by molar-refractivity contribution is 7.86. The summed E-state index contributed by atoms with van der Waals surface area (Å²) in [5, 5.41) is 2.65. The zero-order valence-electron chi connectivity index (χ0n) is 18.7. The monoisotopic (exact) mass is 490 g/mol. The van der Waals surface area contributed by atoms with Crippen molar-refractivity contribution in [1.82, 2.24) is 9.88 Å². The van der Waals surface area contributed by atoms with Crippen LogP contribution in [0.4, 0.5) is 0 Å². The van der Waals surface area contributed by atoms with Gasteiger partial charge in [-0.2, -0.15) is 8.42 Å². The standard InChI is InChI=1S/C26H22N2O6S/c1-17-12-14-20(15-13-17)35(31,32)33-16-21-23(25(29)27-21)28-22(18-8-4-2-5-9-18)24(34-26(28)30)19-10-6-3-7-11-19/h2-15,21,23H,16H2,1H3,(H,27,29). The molecule has 2 atom stereocenters. The van der Waals surface area contributed by atoms with Crippen molar-refractivity contribution in [2.75, 3.05) is 6.61 Å². The number of β-lactam (4-membered cyclic amide) rings is 1. The normalized spacial score (nSPS) is 17.6. The van der Waals surface area contributed by atoms with Gasteiger partial charge in [0.25, 0.3) is 10.1 Å². The molecule has 8 nitrogen and oxygen atoms in total. The maximum Gasteiger partial charge on any atom is 0.420 e. The molecular formula is C26H22N2O6S. The summed E-state index contributed by atoms with van der Waals surface area (Å²) in [7, 11) is -4.04. The minimum absolute atomic E-state index is 0.0158. The number of amides is 1. The maximum absolute atomic E-state index is 13.0. The van der Waals surface area contributed by atoms with Crippen LogP contribution < -0.4 is 11.1 Å². The van der Waals surface area contributed by atoms with Gasteiger partial charge in [0, 0.05) is 11.1 Å². The lowest BCUT2D eigenvalue weighted by Crippen LogP contribution is -2.62. The maximum atomic E-state index is 13.0. The van der Waals surface area contributed by atoms with Crippen molar-refractivity contribution < 1.29 is 21.8 Å². The lowest BCUT2D eigenvalue weighted by molar-refractivity contribution is -0.135. The molecule has 1 saturated heterocycles. The number of aryl methyl sites for hydroxylation is 1. The topological polar surface area (TPSA) is 108 Å². The van der Waals surface area contributed by atoms with Crippen LogP contribution in [0.2, 0.25) is 0 Å². The molecule has 35 heavy (non-hydrogen) atoms. The van der Waals surface area contributed by atoms with Crippen LogP contribution in [0.25, 0.3) is 22.6 Å². The van der Waals surface area contributed by atoms with Crippen LogP contribution in [0.3, 0.4) is 0 Å². The fourth-order valence-electron chi connectivity index (χ4n) is 4.09. The van der Waals surface area contributed by atoms with E-state index in [1.54, 1.807) is 12.1 Å². The quantitative estimate of drug-likeness (QED) is 0.314. The van der Waals surface area contributed by atoms with Crippen LogP contribution in [0.5, 0.6) is 0 Å². The molecule has 1 aliphatic heterocycles. The van der Waals surface area contributed by atoms with Crippen molar-refractivity contribution in [3.63, 3.8) is 0 Å². The first-order valence-electron chi connectivity index (χ1n) is 11.0. The largest absolute Gasteiger partial charge is 0.420 e. The van der Waals surface area contributed by atoms with Gasteiger partial charge >= 0.3 is 5.76 Å². The van der Waals surface area contributed by atoms with Crippen molar-refractivity contribution in [1.29, 1.82) is 0 Å². The number of nitrogens with zero attached hydrogens (tertiary/aromatic N) is 1. The van der Waals surface area contributed by atoms with Gasteiger partial charge in [-0.15, -0.1) is 0 Å². The molecule has 1 N–H and O–H groups in total. The number of carbonyl (C=O) groups is 1. The zero-order chi connectivity index (χ0) is 24.6. The molecule has 2 heterocycles. The number of oxazole rings is 1. The molecule has 0 spiro atoms. The first-order valence-corrected chi connectivity index (χ1v) is 12.4. The second-order valence-electron chi connectivity index (χ2n) is 8.26. The minimum atomic E-state index is -4.04. The number of hydrogen-bond donors (Lipinski definition) is 1. The Morgan fingerprint density at radius 3 is 2.09 bits per heavy atom. The van der Waals surface area contributed by atoms with Crippen molar-refractivity contribution in [2.24, 2.45) is 0 Å². The fourth-order valence-corrected chi connectivity index (χ4v) is 5.02. The lowest BCUT2D eigenvalue weighted by atomic mass is 9.97. The molecule has 0 bridgehead atoms. The summed E-state index contributed by atoms with van der Waals surface area (Å²) >= 11 is 0. The molecule has 2 unspecified atom stereocenters. The van der Waals surface area contributed by atoms with Crippen LogP contribution in [0, 0.1) is 6.92 Å². The van der Waals surface area contributed by atoms with E-state index in [1.807, 2.05) is 67.6 Å². The average molecular weight is 491 g/mol. The van der Waals surface area contributed by atoms with Gasteiger partial charge in [-0.25, -0.2) is 4.79 Å². The molecule has 1 aliphatic rings. The van der Waals surface area contributed by atoms with E-state index < -0.39 is 33.9 Å². The smallest absolute Gasteiger partial charge is 0.407 e. The number of benzene rings is 3. The molecule has 0 saturated carbocycles. The molecule has 1 amide bonds. The van der Waals surface area contributed by atoms with Gasteiger partial charge in [0.15, 0.2) is 5.76 Å². The molecule has 4 aromatic rings.